The van der Waals surface area contributed by atoms with Crippen LogP contribution < -0.4 is 4.74 Å². The van der Waals surface area contributed by atoms with Crippen molar-refractivity contribution in [3.05, 3.63) is 48.0 Å². The molecule has 2 atom stereocenters. The van der Waals surface area contributed by atoms with Gasteiger partial charge in [0.15, 0.2) is 0 Å². The van der Waals surface area contributed by atoms with Crippen LogP contribution in [0.25, 0.3) is 0 Å². The molecule has 5 nitrogen and oxygen atoms in total. The second-order valence-electron chi connectivity index (χ2n) is 6.56. The molecule has 2 heterocycles. The number of halogens is 1. The molecule has 0 saturated carbocycles. The largest absolute Gasteiger partial charge is 0.491 e. The minimum Gasteiger partial charge on any atom is -0.491 e. The fraction of sp³-hybridized carbons (Fsp3) is 0.500. The molecule has 1 saturated heterocycles. The van der Waals surface area contributed by atoms with E-state index in [1.807, 2.05) is 17.9 Å². The molecule has 1 fully saturated rings. The van der Waals surface area contributed by atoms with Crippen molar-refractivity contribution in [2.24, 2.45) is 13.0 Å². The molecule has 1 aromatic heterocycles. The number of hydrogen-bond acceptors (Lipinski definition) is 4. The summed E-state index contributed by atoms with van der Waals surface area (Å²) < 4.78 is 20.2. The maximum absolute atomic E-state index is 12.8. The normalized spacial score (nSPS) is 19.5. The monoisotopic (exact) mass is 333 g/mol. The number of aryl methyl sites for hydroxylation is 1. The van der Waals surface area contributed by atoms with E-state index in [-0.39, 0.29) is 12.4 Å². The number of aliphatic hydroxyl groups is 1. The molecule has 2 aromatic rings. The Kier molecular flexibility index (Phi) is 5.48. The van der Waals surface area contributed by atoms with Crippen molar-refractivity contribution in [2.75, 3.05) is 26.2 Å². The first-order chi connectivity index (χ1) is 11.6. The van der Waals surface area contributed by atoms with Crippen LogP contribution in [0.15, 0.2) is 36.7 Å². The number of aromatic nitrogens is 2. The lowest BCUT2D eigenvalue weighted by Gasteiger charge is -2.20. The third-order valence-electron chi connectivity index (χ3n) is 4.38. The molecule has 6 heteroatoms. The summed E-state index contributed by atoms with van der Waals surface area (Å²) in [5.41, 5.74) is 1.27. The first-order valence-corrected chi connectivity index (χ1v) is 8.35. The number of rotatable bonds is 7. The quantitative estimate of drug-likeness (QED) is 0.840. The molecule has 130 valence electrons. The maximum Gasteiger partial charge on any atom is 0.123 e. The van der Waals surface area contributed by atoms with E-state index in [2.05, 4.69) is 16.2 Å². The fourth-order valence-corrected chi connectivity index (χ4v) is 3.23. The molecule has 2 unspecified atom stereocenters. The smallest absolute Gasteiger partial charge is 0.123 e. The Balaban J connectivity index is 1.39. The molecular weight excluding hydrogens is 309 g/mol. The van der Waals surface area contributed by atoms with Gasteiger partial charge in [0.05, 0.1) is 6.20 Å². The van der Waals surface area contributed by atoms with Gasteiger partial charge in [0, 0.05) is 26.3 Å². The van der Waals surface area contributed by atoms with E-state index >= 15 is 0 Å². The van der Waals surface area contributed by atoms with E-state index in [0.29, 0.717) is 18.2 Å². The molecule has 24 heavy (non-hydrogen) atoms. The summed E-state index contributed by atoms with van der Waals surface area (Å²) in [5, 5.41) is 14.4. The zero-order chi connectivity index (χ0) is 16.9. The zero-order valence-corrected chi connectivity index (χ0v) is 13.9. The third kappa shape index (κ3) is 4.79. The van der Waals surface area contributed by atoms with Crippen LogP contribution >= 0.6 is 0 Å². The number of benzene rings is 1. The van der Waals surface area contributed by atoms with Gasteiger partial charge >= 0.3 is 0 Å². The van der Waals surface area contributed by atoms with Crippen molar-refractivity contribution in [1.82, 2.24) is 14.7 Å². The molecular formula is C18H24FN3O2. The minimum absolute atomic E-state index is 0.218. The predicted molar refractivity (Wildman–Crippen MR) is 89.4 cm³/mol. The Morgan fingerprint density at radius 3 is 2.88 bits per heavy atom. The van der Waals surface area contributed by atoms with Crippen molar-refractivity contribution in [3.63, 3.8) is 0 Å². The molecule has 0 spiro atoms. The topological polar surface area (TPSA) is 50.5 Å². The number of ether oxygens (including phenoxy) is 1. The van der Waals surface area contributed by atoms with Crippen molar-refractivity contribution >= 4 is 0 Å². The summed E-state index contributed by atoms with van der Waals surface area (Å²) in [6, 6.07) is 5.85. The molecule has 1 N–H and O–H groups in total. The Hall–Kier alpha value is -1.92. The van der Waals surface area contributed by atoms with Gasteiger partial charge in [0.25, 0.3) is 0 Å². The average molecular weight is 333 g/mol. The van der Waals surface area contributed by atoms with Crippen LogP contribution in [-0.2, 0) is 13.5 Å². The standard InChI is InChI=1S/C18H24FN3O2/c1-21-10-15(9-20-21)8-14-6-7-22(11-14)12-17(23)13-24-18-4-2-16(19)3-5-18/h2-5,9-10,14,17,23H,6-8,11-13H2,1H3. The summed E-state index contributed by atoms with van der Waals surface area (Å²) in [7, 11) is 1.93. The molecule has 1 aromatic carbocycles. The van der Waals surface area contributed by atoms with Crippen molar-refractivity contribution in [1.29, 1.82) is 0 Å². The summed E-state index contributed by atoms with van der Waals surface area (Å²) in [6.07, 6.45) is 5.61. The van der Waals surface area contributed by atoms with E-state index in [1.165, 1.54) is 17.7 Å². The van der Waals surface area contributed by atoms with Crippen molar-refractivity contribution in [3.8, 4) is 5.75 Å². The van der Waals surface area contributed by atoms with Gasteiger partial charge in [-0.15, -0.1) is 0 Å². The molecule has 1 aliphatic rings. The Morgan fingerprint density at radius 1 is 1.38 bits per heavy atom. The van der Waals surface area contributed by atoms with E-state index in [0.717, 1.165) is 25.9 Å². The highest BCUT2D eigenvalue weighted by Gasteiger charge is 2.24. The summed E-state index contributed by atoms with van der Waals surface area (Å²) in [6.45, 7) is 2.81. The van der Waals surface area contributed by atoms with Crippen LogP contribution in [0.1, 0.15) is 12.0 Å². The predicted octanol–water partition coefficient (Wildman–Crippen LogP) is 1.86. The molecule has 0 radical (unpaired) electrons. The lowest BCUT2D eigenvalue weighted by Crippen LogP contribution is -2.34. The summed E-state index contributed by atoms with van der Waals surface area (Å²) >= 11 is 0. The lowest BCUT2D eigenvalue weighted by molar-refractivity contribution is 0.0747. The van der Waals surface area contributed by atoms with Gasteiger partial charge in [-0.05, 0) is 55.1 Å². The Bertz CT molecular complexity index is 644. The van der Waals surface area contributed by atoms with Gasteiger partial charge in [-0.3, -0.25) is 4.68 Å². The van der Waals surface area contributed by atoms with E-state index in [1.54, 1.807) is 12.1 Å². The second-order valence-corrected chi connectivity index (χ2v) is 6.56. The van der Waals surface area contributed by atoms with Gasteiger partial charge in [-0.1, -0.05) is 0 Å². The summed E-state index contributed by atoms with van der Waals surface area (Å²) in [5.74, 6) is 0.894. The van der Waals surface area contributed by atoms with E-state index in [4.69, 9.17) is 4.74 Å². The SMILES string of the molecule is Cn1cc(CC2CCN(CC(O)COc3ccc(F)cc3)C2)cn1. The van der Waals surface area contributed by atoms with Crippen LogP contribution in [0, 0.1) is 11.7 Å². The van der Waals surface area contributed by atoms with Crippen LogP contribution in [0.3, 0.4) is 0 Å². The maximum atomic E-state index is 12.8. The lowest BCUT2D eigenvalue weighted by atomic mass is 10.0. The number of hydrogen-bond donors (Lipinski definition) is 1. The Morgan fingerprint density at radius 2 is 2.17 bits per heavy atom. The minimum atomic E-state index is -0.549. The highest BCUT2D eigenvalue weighted by atomic mass is 19.1. The fourth-order valence-electron chi connectivity index (χ4n) is 3.23. The van der Waals surface area contributed by atoms with Gasteiger partial charge in [-0.2, -0.15) is 5.10 Å². The van der Waals surface area contributed by atoms with Crippen LogP contribution in [0.4, 0.5) is 4.39 Å². The number of aliphatic hydroxyl groups excluding tert-OH is 1. The molecule has 0 aliphatic carbocycles. The third-order valence-corrected chi connectivity index (χ3v) is 4.38. The number of β-amino-alcohol motifs (C(OH)–C–C–N with tert-alkyl or cyclic N) is 1. The molecule has 0 bridgehead atoms. The van der Waals surface area contributed by atoms with Gasteiger partial charge in [0.1, 0.15) is 24.3 Å². The van der Waals surface area contributed by atoms with E-state index < -0.39 is 6.10 Å². The van der Waals surface area contributed by atoms with E-state index in [9.17, 15) is 9.50 Å². The average Bonchev–Trinajstić information content (AvgIpc) is 3.16. The Labute approximate surface area is 141 Å². The van der Waals surface area contributed by atoms with Crippen LogP contribution in [0.5, 0.6) is 5.75 Å². The van der Waals surface area contributed by atoms with Gasteiger partial charge < -0.3 is 14.7 Å². The zero-order valence-electron chi connectivity index (χ0n) is 13.9. The number of likely N-dealkylation sites (tertiary alicyclic amines) is 1. The number of nitrogens with zero attached hydrogens (tertiary/aromatic N) is 3. The summed E-state index contributed by atoms with van der Waals surface area (Å²) in [4.78, 5) is 2.28. The molecule has 1 aliphatic heterocycles. The first kappa shape index (κ1) is 16.9. The van der Waals surface area contributed by atoms with Gasteiger partial charge in [0.2, 0.25) is 0 Å². The van der Waals surface area contributed by atoms with Crippen LogP contribution in [0.2, 0.25) is 0 Å². The molecule has 0 amide bonds. The molecule has 3 rings (SSSR count). The van der Waals surface area contributed by atoms with Crippen LogP contribution in [-0.4, -0.2) is 52.1 Å². The highest BCUT2D eigenvalue weighted by Crippen LogP contribution is 2.21. The van der Waals surface area contributed by atoms with Crippen molar-refractivity contribution in [2.45, 2.75) is 18.9 Å². The van der Waals surface area contributed by atoms with Crippen molar-refractivity contribution < 1.29 is 14.2 Å². The first-order valence-electron chi connectivity index (χ1n) is 8.35. The van der Waals surface area contributed by atoms with Gasteiger partial charge in [-0.25, -0.2) is 4.39 Å². The highest BCUT2D eigenvalue weighted by molar-refractivity contribution is 5.22. The second kappa shape index (κ2) is 7.77.